The molecule has 1 rings (SSSR count). The predicted molar refractivity (Wildman–Crippen MR) is 84.8 cm³/mol. The summed E-state index contributed by atoms with van der Waals surface area (Å²) in [5.74, 6) is -1.43. The van der Waals surface area contributed by atoms with Crippen molar-refractivity contribution in [3.63, 3.8) is 0 Å². The average molecular weight is 348 g/mol. The summed E-state index contributed by atoms with van der Waals surface area (Å²) in [4.78, 5) is 11.9. The highest BCUT2D eigenvalue weighted by atomic mass is 32.2. The smallest absolute Gasteiger partial charge is 0.315 e. The van der Waals surface area contributed by atoms with E-state index in [4.69, 9.17) is 0 Å². The standard InChI is InChI=1S/C15H22F2N2O3S/c1-4-14(12-6-5-11(16)9-13(12)17)19-15(20)18-10(2)7-8-23(3,21)22/h5-6,9-10,14H,4,7-8H2,1-3H3,(H2,18,19,20)/t10-,14+/m1/s1. The van der Waals surface area contributed by atoms with E-state index in [0.29, 0.717) is 6.42 Å². The Labute approximate surface area is 135 Å². The number of carbonyl (C=O) groups is 1. The molecule has 0 heterocycles. The quantitative estimate of drug-likeness (QED) is 0.795. The number of halogens is 2. The fraction of sp³-hybridized carbons (Fsp3) is 0.533. The van der Waals surface area contributed by atoms with Crippen molar-refractivity contribution in [3.05, 3.63) is 35.4 Å². The van der Waals surface area contributed by atoms with Crippen LogP contribution in [0.2, 0.25) is 0 Å². The van der Waals surface area contributed by atoms with Gasteiger partial charge < -0.3 is 10.6 Å². The van der Waals surface area contributed by atoms with Crippen LogP contribution in [0.3, 0.4) is 0 Å². The number of rotatable bonds is 7. The van der Waals surface area contributed by atoms with Crippen LogP contribution in [-0.2, 0) is 9.84 Å². The van der Waals surface area contributed by atoms with E-state index >= 15 is 0 Å². The summed E-state index contributed by atoms with van der Waals surface area (Å²) in [5.41, 5.74) is 0.202. The summed E-state index contributed by atoms with van der Waals surface area (Å²) < 4.78 is 48.9. The molecule has 8 heteroatoms. The molecule has 0 bridgehead atoms. The number of nitrogens with one attached hydrogen (secondary N) is 2. The van der Waals surface area contributed by atoms with Gasteiger partial charge in [0, 0.05) is 23.9 Å². The molecular weight excluding hydrogens is 326 g/mol. The van der Waals surface area contributed by atoms with Crippen LogP contribution in [0.15, 0.2) is 18.2 Å². The molecule has 0 aliphatic rings. The second kappa shape index (κ2) is 8.24. The van der Waals surface area contributed by atoms with Gasteiger partial charge in [-0.3, -0.25) is 0 Å². The number of benzene rings is 1. The molecule has 0 saturated carbocycles. The van der Waals surface area contributed by atoms with Crippen LogP contribution >= 0.6 is 0 Å². The maximum absolute atomic E-state index is 13.8. The molecule has 0 aliphatic heterocycles. The Morgan fingerprint density at radius 1 is 1.26 bits per heavy atom. The molecule has 0 fully saturated rings. The van der Waals surface area contributed by atoms with E-state index < -0.39 is 33.5 Å². The van der Waals surface area contributed by atoms with E-state index in [1.807, 2.05) is 0 Å². The van der Waals surface area contributed by atoms with E-state index in [0.717, 1.165) is 18.4 Å². The second-order valence-electron chi connectivity index (χ2n) is 5.56. The third-order valence-corrected chi connectivity index (χ3v) is 4.33. The first-order valence-electron chi connectivity index (χ1n) is 7.32. The van der Waals surface area contributed by atoms with Gasteiger partial charge in [0.2, 0.25) is 0 Å². The van der Waals surface area contributed by atoms with Crippen LogP contribution in [0.5, 0.6) is 0 Å². The molecule has 0 saturated heterocycles. The maximum Gasteiger partial charge on any atom is 0.315 e. The SMILES string of the molecule is CC[C@H](NC(=O)N[C@H](C)CCS(C)(=O)=O)c1ccc(F)cc1F. The van der Waals surface area contributed by atoms with Crippen molar-refractivity contribution in [1.29, 1.82) is 0 Å². The minimum Gasteiger partial charge on any atom is -0.336 e. The second-order valence-corrected chi connectivity index (χ2v) is 7.82. The van der Waals surface area contributed by atoms with E-state index in [1.54, 1.807) is 13.8 Å². The highest BCUT2D eigenvalue weighted by Gasteiger charge is 2.18. The molecule has 0 spiro atoms. The van der Waals surface area contributed by atoms with Gasteiger partial charge in [0.05, 0.1) is 11.8 Å². The number of carbonyl (C=O) groups excluding carboxylic acids is 1. The third-order valence-electron chi connectivity index (χ3n) is 3.35. The molecule has 130 valence electrons. The Kier molecular flexibility index (Phi) is 6.93. The molecule has 0 aliphatic carbocycles. The minimum atomic E-state index is -3.09. The number of amides is 2. The van der Waals surface area contributed by atoms with Crippen LogP contribution in [-0.4, -0.2) is 32.5 Å². The van der Waals surface area contributed by atoms with Gasteiger partial charge in [-0.15, -0.1) is 0 Å². The number of urea groups is 1. The van der Waals surface area contributed by atoms with Gasteiger partial charge in [-0.25, -0.2) is 22.0 Å². The Morgan fingerprint density at radius 2 is 1.91 bits per heavy atom. The molecule has 23 heavy (non-hydrogen) atoms. The van der Waals surface area contributed by atoms with Crippen molar-refractivity contribution in [2.24, 2.45) is 0 Å². The zero-order valence-corrected chi connectivity index (χ0v) is 14.2. The van der Waals surface area contributed by atoms with Crippen molar-refractivity contribution in [1.82, 2.24) is 10.6 Å². The summed E-state index contributed by atoms with van der Waals surface area (Å²) in [6.07, 6.45) is 1.84. The number of hydrogen-bond donors (Lipinski definition) is 2. The van der Waals surface area contributed by atoms with Crippen LogP contribution in [0, 0.1) is 11.6 Å². The molecule has 1 aromatic rings. The van der Waals surface area contributed by atoms with E-state index in [9.17, 15) is 22.0 Å². The Balaban J connectivity index is 2.63. The highest BCUT2D eigenvalue weighted by molar-refractivity contribution is 7.90. The average Bonchev–Trinajstić information content (AvgIpc) is 2.42. The fourth-order valence-corrected chi connectivity index (χ4v) is 2.85. The lowest BCUT2D eigenvalue weighted by Gasteiger charge is -2.20. The largest absolute Gasteiger partial charge is 0.336 e. The monoisotopic (exact) mass is 348 g/mol. The van der Waals surface area contributed by atoms with Crippen LogP contribution in [0.25, 0.3) is 0 Å². The summed E-state index contributed by atoms with van der Waals surface area (Å²) in [6.45, 7) is 3.45. The van der Waals surface area contributed by atoms with Crippen LogP contribution < -0.4 is 10.6 Å². The molecule has 0 radical (unpaired) electrons. The first-order valence-corrected chi connectivity index (χ1v) is 9.38. The summed E-state index contributed by atoms with van der Waals surface area (Å²) in [7, 11) is -3.09. The highest BCUT2D eigenvalue weighted by Crippen LogP contribution is 2.20. The van der Waals surface area contributed by atoms with Gasteiger partial charge in [-0.1, -0.05) is 13.0 Å². The van der Waals surface area contributed by atoms with Gasteiger partial charge in [-0.05, 0) is 25.8 Å². The van der Waals surface area contributed by atoms with Crippen molar-refractivity contribution < 1.29 is 22.0 Å². The number of sulfone groups is 1. The van der Waals surface area contributed by atoms with Gasteiger partial charge in [0.1, 0.15) is 21.5 Å². The van der Waals surface area contributed by atoms with Crippen molar-refractivity contribution >= 4 is 15.9 Å². The molecule has 0 aromatic heterocycles. The van der Waals surface area contributed by atoms with Crippen molar-refractivity contribution in [2.75, 3.05) is 12.0 Å². The summed E-state index contributed by atoms with van der Waals surface area (Å²) >= 11 is 0. The Morgan fingerprint density at radius 3 is 2.43 bits per heavy atom. The van der Waals surface area contributed by atoms with Crippen molar-refractivity contribution in [3.8, 4) is 0 Å². The lowest BCUT2D eigenvalue weighted by molar-refractivity contribution is 0.233. The third kappa shape index (κ3) is 6.94. The predicted octanol–water partition coefficient (Wildman–Crippen LogP) is 2.54. The Bertz CT molecular complexity index is 650. The molecule has 5 nitrogen and oxygen atoms in total. The first-order chi connectivity index (χ1) is 10.6. The topological polar surface area (TPSA) is 75.3 Å². The minimum absolute atomic E-state index is 0.0295. The van der Waals surface area contributed by atoms with E-state index in [-0.39, 0.29) is 23.8 Å². The van der Waals surface area contributed by atoms with E-state index in [1.165, 1.54) is 6.07 Å². The van der Waals surface area contributed by atoms with Gasteiger partial charge in [-0.2, -0.15) is 0 Å². The summed E-state index contributed by atoms with van der Waals surface area (Å²) in [6, 6.07) is 1.73. The zero-order valence-electron chi connectivity index (χ0n) is 13.4. The van der Waals surface area contributed by atoms with E-state index in [2.05, 4.69) is 10.6 Å². The van der Waals surface area contributed by atoms with Crippen LogP contribution in [0.1, 0.15) is 38.3 Å². The molecule has 0 unspecified atom stereocenters. The molecule has 2 amide bonds. The Hall–Kier alpha value is -1.70. The zero-order chi connectivity index (χ0) is 17.6. The molecular formula is C15H22F2N2O3S. The molecule has 2 atom stereocenters. The van der Waals surface area contributed by atoms with Crippen LogP contribution in [0.4, 0.5) is 13.6 Å². The normalized spacial score (nSPS) is 14.1. The first kappa shape index (κ1) is 19.3. The summed E-state index contributed by atoms with van der Waals surface area (Å²) in [5, 5.41) is 5.22. The van der Waals surface area contributed by atoms with Gasteiger partial charge in [0.25, 0.3) is 0 Å². The van der Waals surface area contributed by atoms with Crippen molar-refractivity contribution in [2.45, 2.75) is 38.8 Å². The fourth-order valence-electron chi connectivity index (χ4n) is 2.07. The maximum atomic E-state index is 13.8. The molecule has 1 aromatic carbocycles. The number of hydrogen-bond acceptors (Lipinski definition) is 3. The van der Waals surface area contributed by atoms with Gasteiger partial charge in [0.15, 0.2) is 0 Å². The lowest BCUT2D eigenvalue weighted by Crippen LogP contribution is -2.43. The van der Waals surface area contributed by atoms with Gasteiger partial charge >= 0.3 is 6.03 Å². The molecule has 2 N–H and O–H groups in total. The lowest BCUT2D eigenvalue weighted by atomic mass is 10.0.